The van der Waals surface area contributed by atoms with E-state index in [9.17, 15) is 4.79 Å². The van der Waals surface area contributed by atoms with E-state index in [0.29, 0.717) is 29.9 Å². The van der Waals surface area contributed by atoms with Gasteiger partial charge < -0.3 is 10.1 Å². The number of hydrogen-bond acceptors (Lipinski definition) is 3. The van der Waals surface area contributed by atoms with Crippen LogP contribution in [0.2, 0.25) is 0 Å². The Morgan fingerprint density at radius 2 is 1.82 bits per heavy atom. The first kappa shape index (κ1) is 17.6. The summed E-state index contributed by atoms with van der Waals surface area (Å²) in [7, 11) is 0. The Morgan fingerprint density at radius 1 is 1.23 bits per heavy atom. The van der Waals surface area contributed by atoms with Crippen molar-refractivity contribution in [1.29, 1.82) is 0 Å². The van der Waals surface area contributed by atoms with E-state index in [4.69, 9.17) is 4.74 Å². The molecule has 4 nitrogen and oxygen atoms in total. The molecular formula is C18H34N2O2. The number of carbonyl (C=O) groups is 1. The van der Waals surface area contributed by atoms with Crippen LogP contribution in [-0.4, -0.2) is 42.3 Å². The van der Waals surface area contributed by atoms with Crippen molar-refractivity contribution < 1.29 is 9.53 Å². The van der Waals surface area contributed by atoms with Gasteiger partial charge in [-0.15, -0.1) is 0 Å². The van der Waals surface area contributed by atoms with Gasteiger partial charge in [-0.1, -0.05) is 27.7 Å². The maximum atomic E-state index is 11.7. The first-order chi connectivity index (χ1) is 10.2. The highest BCUT2D eigenvalue weighted by Crippen LogP contribution is 2.43. The number of amides is 1. The number of nitrogens with one attached hydrogen (secondary N) is 1. The summed E-state index contributed by atoms with van der Waals surface area (Å²) < 4.78 is 5.05. The lowest BCUT2D eigenvalue weighted by Gasteiger charge is -2.49. The molecule has 0 aromatic carbocycles. The number of hydrogen-bond donors (Lipinski definition) is 1. The Labute approximate surface area is 136 Å². The molecule has 1 heterocycles. The molecule has 4 unspecified atom stereocenters. The number of rotatable bonds is 3. The topological polar surface area (TPSA) is 41.6 Å². The third-order valence-electron chi connectivity index (χ3n) is 6.47. The lowest BCUT2D eigenvalue weighted by molar-refractivity contribution is -0.00500. The van der Waals surface area contributed by atoms with Gasteiger partial charge >= 0.3 is 6.09 Å². The minimum atomic E-state index is -0.271. The fraction of sp³-hybridized carbons (Fsp3) is 0.944. The van der Waals surface area contributed by atoms with E-state index in [2.05, 4.69) is 44.8 Å². The van der Waals surface area contributed by atoms with Crippen LogP contribution in [-0.2, 0) is 4.74 Å². The second kappa shape index (κ2) is 6.38. The Kier molecular flexibility index (Phi) is 5.10. The number of nitrogens with zero attached hydrogens (tertiary/aromatic N) is 1. The monoisotopic (exact) mass is 310 g/mol. The summed E-state index contributed by atoms with van der Waals surface area (Å²) in [5, 5.41) is 3.08. The number of ether oxygens (including phenoxy) is 1. The van der Waals surface area contributed by atoms with Crippen LogP contribution in [0.3, 0.4) is 0 Å². The summed E-state index contributed by atoms with van der Waals surface area (Å²) in [6.45, 7) is 16.4. The lowest BCUT2D eigenvalue weighted by Crippen LogP contribution is -2.53. The van der Waals surface area contributed by atoms with Crippen molar-refractivity contribution in [3.63, 3.8) is 0 Å². The molecule has 22 heavy (non-hydrogen) atoms. The van der Waals surface area contributed by atoms with Crippen molar-refractivity contribution in [3.05, 3.63) is 0 Å². The van der Waals surface area contributed by atoms with Gasteiger partial charge in [0.25, 0.3) is 0 Å². The zero-order chi connectivity index (χ0) is 16.5. The molecule has 0 bridgehead atoms. The van der Waals surface area contributed by atoms with Crippen molar-refractivity contribution in [2.24, 2.45) is 17.3 Å². The molecule has 1 saturated carbocycles. The molecule has 0 aromatic heterocycles. The smallest absolute Gasteiger partial charge is 0.407 e. The molecule has 128 valence electrons. The van der Waals surface area contributed by atoms with Gasteiger partial charge in [0.2, 0.25) is 0 Å². The van der Waals surface area contributed by atoms with Crippen molar-refractivity contribution in [1.82, 2.24) is 10.2 Å². The second-order valence-electron chi connectivity index (χ2n) is 8.38. The van der Waals surface area contributed by atoms with E-state index >= 15 is 0 Å². The quantitative estimate of drug-likeness (QED) is 0.865. The number of piperidine rings is 1. The normalized spacial score (nSPS) is 38.7. The molecular weight excluding hydrogens is 276 g/mol. The fourth-order valence-corrected chi connectivity index (χ4v) is 4.08. The minimum Gasteiger partial charge on any atom is -0.450 e. The largest absolute Gasteiger partial charge is 0.450 e. The number of carbonyl (C=O) groups excluding carboxylic acids is 1. The highest BCUT2D eigenvalue weighted by Gasteiger charge is 2.44. The molecule has 4 heteroatoms. The highest BCUT2D eigenvalue weighted by molar-refractivity contribution is 5.68. The van der Waals surface area contributed by atoms with E-state index in [0.717, 1.165) is 12.8 Å². The average molecular weight is 310 g/mol. The van der Waals surface area contributed by atoms with E-state index < -0.39 is 0 Å². The van der Waals surface area contributed by atoms with Crippen LogP contribution in [0.15, 0.2) is 0 Å². The Bertz CT molecular complexity index is 396. The molecule has 2 rings (SSSR count). The Hall–Kier alpha value is -0.770. The van der Waals surface area contributed by atoms with E-state index in [1.165, 1.54) is 19.5 Å². The van der Waals surface area contributed by atoms with Gasteiger partial charge in [-0.05, 0) is 50.4 Å². The standard InChI is InChI=1S/C18H34N2O2/c1-7-22-16(21)19-18(6)9-8-15(10-18)20-11-13(2)17(4,5)14(3)12-20/h13-15H,7-12H2,1-6H3,(H,19,21). The van der Waals surface area contributed by atoms with Crippen molar-refractivity contribution in [3.8, 4) is 0 Å². The summed E-state index contributed by atoms with van der Waals surface area (Å²) in [4.78, 5) is 14.4. The predicted octanol–water partition coefficient (Wildman–Crippen LogP) is 3.66. The lowest BCUT2D eigenvalue weighted by atomic mass is 9.67. The zero-order valence-electron chi connectivity index (χ0n) is 15.2. The third kappa shape index (κ3) is 3.58. The van der Waals surface area contributed by atoms with E-state index in [-0.39, 0.29) is 11.6 Å². The molecule has 0 radical (unpaired) electrons. The van der Waals surface area contributed by atoms with Crippen LogP contribution in [0.25, 0.3) is 0 Å². The summed E-state index contributed by atoms with van der Waals surface area (Å²) in [5.41, 5.74) is 0.304. The molecule has 1 aliphatic carbocycles. The maximum absolute atomic E-state index is 11.7. The molecule has 2 fully saturated rings. The molecule has 1 N–H and O–H groups in total. The van der Waals surface area contributed by atoms with Crippen molar-refractivity contribution >= 4 is 6.09 Å². The minimum absolute atomic E-state index is 0.115. The van der Waals surface area contributed by atoms with Crippen LogP contribution < -0.4 is 5.32 Å². The Morgan fingerprint density at radius 3 is 2.36 bits per heavy atom. The van der Waals surface area contributed by atoms with Gasteiger partial charge in [0, 0.05) is 24.7 Å². The predicted molar refractivity (Wildman–Crippen MR) is 89.9 cm³/mol. The molecule has 0 spiro atoms. The first-order valence-corrected chi connectivity index (χ1v) is 8.87. The van der Waals surface area contributed by atoms with Crippen LogP contribution in [0, 0.1) is 17.3 Å². The van der Waals surface area contributed by atoms with Gasteiger partial charge in [0.15, 0.2) is 0 Å². The third-order valence-corrected chi connectivity index (χ3v) is 6.47. The van der Waals surface area contributed by atoms with Gasteiger partial charge in [-0.3, -0.25) is 4.90 Å². The first-order valence-electron chi connectivity index (χ1n) is 8.87. The van der Waals surface area contributed by atoms with Gasteiger partial charge in [-0.25, -0.2) is 4.79 Å². The van der Waals surface area contributed by atoms with Crippen molar-refractivity contribution in [2.75, 3.05) is 19.7 Å². The van der Waals surface area contributed by atoms with Gasteiger partial charge in [0.1, 0.15) is 0 Å². The molecule has 1 aliphatic heterocycles. The van der Waals surface area contributed by atoms with Crippen LogP contribution >= 0.6 is 0 Å². The van der Waals surface area contributed by atoms with Crippen LogP contribution in [0.5, 0.6) is 0 Å². The summed E-state index contributed by atoms with van der Waals surface area (Å²) in [6, 6.07) is 0.591. The van der Waals surface area contributed by atoms with Crippen molar-refractivity contribution in [2.45, 2.75) is 72.4 Å². The Balaban J connectivity index is 1.94. The van der Waals surface area contributed by atoms with Gasteiger partial charge in [-0.2, -0.15) is 0 Å². The maximum Gasteiger partial charge on any atom is 0.407 e. The molecule has 4 atom stereocenters. The van der Waals surface area contributed by atoms with Gasteiger partial charge in [0.05, 0.1) is 6.61 Å². The summed E-state index contributed by atoms with van der Waals surface area (Å²) in [5.74, 6) is 1.42. The molecule has 1 amide bonds. The second-order valence-corrected chi connectivity index (χ2v) is 8.38. The molecule has 0 aromatic rings. The fourth-order valence-electron chi connectivity index (χ4n) is 4.08. The SMILES string of the molecule is CCOC(=O)NC1(C)CCC(N2CC(C)C(C)(C)C(C)C2)C1. The average Bonchev–Trinajstić information content (AvgIpc) is 2.78. The van der Waals surface area contributed by atoms with Crippen LogP contribution in [0.4, 0.5) is 4.79 Å². The van der Waals surface area contributed by atoms with Crippen LogP contribution in [0.1, 0.15) is 60.8 Å². The number of likely N-dealkylation sites (tertiary alicyclic amines) is 1. The molecule has 1 saturated heterocycles. The summed E-state index contributed by atoms with van der Waals surface area (Å²) >= 11 is 0. The number of alkyl carbamates (subject to hydrolysis) is 1. The van der Waals surface area contributed by atoms with E-state index in [1.807, 2.05) is 6.92 Å². The highest BCUT2D eigenvalue weighted by atomic mass is 16.5. The summed E-state index contributed by atoms with van der Waals surface area (Å²) in [6.07, 6.45) is 2.97. The van der Waals surface area contributed by atoms with E-state index in [1.54, 1.807) is 0 Å². The molecule has 2 aliphatic rings. The zero-order valence-corrected chi connectivity index (χ0v) is 15.2.